The van der Waals surface area contributed by atoms with E-state index in [4.69, 9.17) is 29.0 Å². The van der Waals surface area contributed by atoms with Gasteiger partial charge in [-0.1, -0.05) is 6.58 Å². The molecule has 0 rings (SSSR count). The van der Waals surface area contributed by atoms with Gasteiger partial charge >= 0.3 is 21.6 Å². The van der Waals surface area contributed by atoms with Crippen LogP contribution in [0.3, 0.4) is 0 Å². The van der Waals surface area contributed by atoms with Crippen LogP contribution in [0.2, 0.25) is 0 Å². The van der Waals surface area contributed by atoms with Gasteiger partial charge in [0.25, 0.3) is 0 Å². The van der Waals surface area contributed by atoms with Gasteiger partial charge in [-0.05, 0) is 12.8 Å². The fourth-order valence-corrected chi connectivity index (χ4v) is 0.986. The second-order valence-corrected chi connectivity index (χ2v) is 5.18. The third-order valence-corrected chi connectivity index (χ3v) is 1.73. The highest BCUT2D eigenvalue weighted by molar-refractivity contribution is 7.46. The van der Waals surface area contributed by atoms with Gasteiger partial charge in [-0.3, -0.25) is 4.52 Å². The van der Waals surface area contributed by atoms with E-state index in [0.717, 1.165) is 6.08 Å². The van der Waals surface area contributed by atoms with Gasteiger partial charge in [0, 0.05) is 6.08 Å². The molecule has 0 bridgehead atoms. The van der Waals surface area contributed by atoms with Crippen LogP contribution in [0.1, 0.15) is 12.8 Å². The van der Waals surface area contributed by atoms with Crippen molar-refractivity contribution in [1.82, 2.24) is 0 Å². The van der Waals surface area contributed by atoms with E-state index in [1.807, 2.05) is 0 Å². The van der Waals surface area contributed by atoms with Crippen LogP contribution in [0.25, 0.3) is 0 Å². The van der Waals surface area contributed by atoms with Crippen LogP contribution in [0, 0.1) is 0 Å². The summed E-state index contributed by atoms with van der Waals surface area (Å²) in [6.07, 6.45) is 1.95. The maximum atomic E-state index is 10.5. The number of unbranched alkanes of at least 4 members (excludes halogenated alkanes) is 1. The number of esters is 1. The Kier molecular flexibility index (Phi) is 11.2. The number of carbonyl (C=O) groups excluding carboxylic acids is 1. The summed E-state index contributed by atoms with van der Waals surface area (Å²) in [6.45, 7) is 3.34. The Morgan fingerprint density at radius 1 is 1.05 bits per heavy atom. The van der Waals surface area contributed by atoms with Gasteiger partial charge in [0.15, 0.2) is 0 Å². The Labute approximate surface area is 109 Å². The predicted octanol–water partition coefficient (Wildman–Crippen LogP) is -0.324. The summed E-state index contributed by atoms with van der Waals surface area (Å²) >= 11 is 0. The lowest BCUT2D eigenvalue weighted by Gasteiger charge is -2.04. The van der Waals surface area contributed by atoms with Gasteiger partial charge in [0.1, 0.15) is 0 Å². The normalized spacial score (nSPS) is 11.2. The molecule has 10 nitrogen and oxygen atoms in total. The largest absolute Gasteiger partial charge is 0.469 e. The molecule has 0 aliphatic heterocycles. The molecular weight excluding hydrogens is 306 g/mol. The summed E-state index contributed by atoms with van der Waals surface area (Å²) in [5.74, 6) is -0.513. The van der Waals surface area contributed by atoms with Crippen molar-refractivity contribution in [2.45, 2.75) is 12.8 Å². The summed E-state index contributed by atoms with van der Waals surface area (Å²) in [5, 5.41) is 0. The summed E-state index contributed by atoms with van der Waals surface area (Å²) < 4.78 is 27.9. The zero-order valence-corrected chi connectivity index (χ0v) is 11.6. The van der Waals surface area contributed by atoms with E-state index in [-0.39, 0.29) is 13.2 Å². The molecular formula is C7H16O10P2. The second-order valence-electron chi connectivity index (χ2n) is 2.92. The van der Waals surface area contributed by atoms with Crippen LogP contribution in [-0.2, 0) is 23.2 Å². The molecule has 12 heteroatoms. The zero-order chi connectivity index (χ0) is 15.5. The van der Waals surface area contributed by atoms with Crippen LogP contribution in [0.15, 0.2) is 12.7 Å². The van der Waals surface area contributed by atoms with E-state index in [0.29, 0.717) is 12.8 Å². The molecule has 0 aromatic heterocycles. The summed E-state index contributed by atoms with van der Waals surface area (Å²) in [4.78, 5) is 48.7. The SMILES string of the molecule is C=CC(=O)OCCCCOP(=O)(O)O.O=P(O)(O)O. The van der Waals surface area contributed by atoms with E-state index in [2.05, 4.69) is 15.8 Å². The number of phosphoric acid groups is 2. The molecule has 0 saturated carbocycles. The van der Waals surface area contributed by atoms with Gasteiger partial charge in [-0.2, -0.15) is 0 Å². The molecule has 19 heavy (non-hydrogen) atoms. The topological polar surface area (TPSA) is 171 Å². The lowest BCUT2D eigenvalue weighted by molar-refractivity contribution is -0.137. The second kappa shape index (κ2) is 10.2. The Morgan fingerprint density at radius 3 is 1.84 bits per heavy atom. The summed E-state index contributed by atoms with van der Waals surface area (Å²) in [7, 11) is -9.00. The molecule has 0 aromatic rings. The van der Waals surface area contributed by atoms with Crippen molar-refractivity contribution in [2.24, 2.45) is 0 Å². The Hall–Kier alpha value is -0.570. The lowest BCUT2D eigenvalue weighted by atomic mass is 10.3. The quantitative estimate of drug-likeness (QED) is 0.181. The van der Waals surface area contributed by atoms with E-state index in [1.165, 1.54) is 0 Å². The van der Waals surface area contributed by atoms with Crippen LogP contribution < -0.4 is 0 Å². The third kappa shape index (κ3) is 31.8. The molecule has 0 spiro atoms. The minimum absolute atomic E-state index is 0.0596. The standard InChI is InChI=1S/C7H13O6P.H3O4P/c1-2-7(8)12-5-3-4-6-13-14(9,10)11;1-5(2,3)4/h2H,1,3-6H2,(H2,9,10,11);(H3,1,2,3,4). The van der Waals surface area contributed by atoms with Crippen LogP contribution in [-0.4, -0.2) is 43.7 Å². The first kappa shape index (κ1) is 20.7. The third-order valence-electron chi connectivity index (χ3n) is 1.21. The molecule has 0 radical (unpaired) electrons. The Morgan fingerprint density at radius 2 is 1.47 bits per heavy atom. The van der Waals surface area contributed by atoms with Crippen molar-refractivity contribution in [3.05, 3.63) is 12.7 Å². The summed E-state index contributed by atoms with van der Waals surface area (Å²) in [5.41, 5.74) is 0. The predicted molar refractivity (Wildman–Crippen MR) is 62.6 cm³/mol. The first-order valence-electron chi connectivity index (χ1n) is 4.73. The molecule has 0 aliphatic rings. The molecule has 0 amide bonds. The number of rotatable bonds is 7. The van der Waals surface area contributed by atoms with Crippen molar-refractivity contribution in [2.75, 3.05) is 13.2 Å². The number of hydrogen-bond donors (Lipinski definition) is 5. The van der Waals surface area contributed by atoms with E-state index >= 15 is 0 Å². The van der Waals surface area contributed by atoms with E-state index in [1.54, 1.807) is 0 Å². The molecule has 0 aromatic carbocycles. The number of phosphoric ester groups is 1. The van der Waals surface area contributed by atoms with Gasteiger partial charge in [0.05, 0.1) is 13.2 Å². The minimum atomic E-state index is -4.64. The Balaban J connectivity index is 0. The highest BCUT2D eigenvalue weighted by Gasteiger charge is 2.12. The first-order valence-corrected chi connectivity index (χ1v) is 7.83. The van der Waals surface area contributed by atoms with Crippen LogP contribution in [0.4, 0.5) is 0 Å². The highest BCUT2D eigenvalue weighted by Crippen LogP contribution is 2.35. The molecule has 5 N–H and O–H groups in total. The van der Waals surface area contributed by atoms with Crippen molar-refractivity contribution in [3.63, 3.8) is 0 Å². The number of carbonyl (C=O) groups is 1. The maximum absolute atomic E-state index is 10.5. The molecule has 0 unspecified atom stereocenters. The highest BCUT2D eigenvalue weighted by atomic mass is 31.2. The molecule has 114 valence electrons. The number of hydrogen-bond acceptors (Lipinski definition) is 5. The molecule has 0 heterocycles. The monoisotopic (exact) mass is 322 g/mol. The minimum Gasteiger partial charge on any atom is -0.463 e. The fraction of sp³-hybridized carbons (Fsp3) is 0.571. The lowest BCUT2D eigenvalue weighted by Crippen LogP contribution is -2.03. The van der Waals surface area contributed by atoms with Crippen molar-refractivity contribution in [3.8, 4) is 0 Å². The average molecular weight is 322 g/mol. The molecule has 0 fully saturated rings. The number of ether oxygens (including phenoxy) is 1. The smallest absolute Gasteiger partial charge is 0.463 e. The van der Waals surface area contributed by atoms with Crippen LogP contribution in [0.5, 0.6) is 0 Å². The van der Waals surface area contributed by atoms with E-state index < -0.39 is 21.6 Å². The molecule has 0 saturated heterocycles. The van der Waals surface area contributed by atoms with Gasteiger partial charge in [0.2, 0.25) is 0 Å². The van der Waals surface area contributed by atoms with Gasteiger partial charge in [-0.15, -0.1) is 0 Å². The fourth-order valence-electron chi connectivity index (χ4n) is 0.619. The zero-order valence-electron chi connectivity index (χ0n) is 9.78. The van der Waals surface area contributed by atoms with Crippen molar-refractivity contribution < 1.29 is 47.7 Å². The summed E-state index contributed by atoms with van der Waals surface area (Å²) in [6, 6.07) is 0. The average Bonchev–Trinajstić information content (AvgIpc) is 2.18. The Bertz CT molecular complexity index is 347. The van der Waals surface area contributed by atoms with Crippen molar-refractivity contribution in [1.29, 1.82) is 0 Å². The van der Waals surface area contributed by atoms with Gasteiger partial charge < -0.3 is 29.2 Å². The maximum Gasteiger partial charge on any atom is 0.469 e. The van der Waals surface area contributed by atoms with E-state index in [9.17, 15) is 9.36 Å². The van der Waals surface area contributed by atoms with Crippen molar-refractivity contribution >= 4 is 21.6 Å². The van der Waals surface area contributed by atoms with Crippen LogP contribution >= 0.6 is 15.6 Å². The molecule has 0 atom stereocenters. The molecule has 0 aliphatic carbocycles. The first-order chi connectivity index (χ1) is 8.45. The van der Waals surface area contributed by atoms with Gasteiger partial charge in [-0.25, -0.2) is 13.9 Å².